The average molecular weight is 293 g/mol. The van der Waals surface area contributed by atoms with E-state index in [2.05, 4.69) is 24.0 Å². The van der Waals surface area contributed by atoms with E-state index in [4.69, 9.17) is 16.0 Å². The van der Waals surface area contributed by atoms with Crippen molar-refractivity contribution in [2.75, 3.05) is 0 Å². The minimum atomic E-state index is -0.374. The second-order valence-corrected chi connectivity index (χ2v) is 5.44. The molecule has 0 aliphatic heterocycles. The molecule has 0 amide bonds. The summed E-state index contributed by atoms with van der Waals surface area (Å²) in [5.74, 6) is 1.55. The van der Waals surface area contributed by atoms with Crippen molar-refractivity contribution in [3.05, 3.63) is 47.7 Å². The molecule has 1 aromatic carbocycles. The lowest BCUT2D eigenvalue weighted by atomic mass is 10.00. The van der Waals surface area contributed by atoms with Crippen molar-refractivity contribution in [3.63, 3.8) is 0 Å². The molecule has 0 aliphatic carbocycles. The first-order chi connectivity index (χ1) is 9.76. The Morgan fingerprint density at radius 3 is 2.45 bits per heavy atom. The third kappa shape index (κ3) is 3.60. The van der Waals surface area contributed by atoms with Crippen molar-refractivity contribution < 1.29 is 4.42 Å². The summed E-state index contributed by atoms with van der Waals surface area (Å²) in [5, 5.41) is 7.93. The van der Waals surface area contributed by atoms with E-state index in [9.17, 15) is 0 Å². The Bertz CT molecular complexity index is 512. The molecule has 0 bridgehead atoms. The van der Waals surface area contributed by atoms with E-state index < -0.39 is 0 Å². The Labute approximate surface area is 125 Å². The molecule has 1 aromatic heterocycles. The van der Waals surface area contributed by atoms with Gasteiger partial charge in [-0.3, -0.25) is 0 Å². The molecule has 1 heterocycles. The fourth-order valence-electron chi connectivity index (χ4n) is 2.23. The van der Waals surface area contributed by atoms with Gasteiger partial charge >= 0.3 is 0 Å². The molecule has 0 aliphatic rings. The van der Waals surface area contributed by atoms with Crippen LogP contribution in [0.5, 0.6) is 0 Å². The van der Waals surface area contributed by atoms with Gasteiger partial charge in [-0.15, -0.1) is 21.8 Å². The number of nitrogens with zero attached hydrogens (tertiary/aromatic N) is 2. The predicted octanol–water partition coefficient (Wildman–Crippen LogP) is 5.08. The van der Waals surface area contributed by atoms with Crippen LogP contribution in [0.1, 0.15) is 68.2 Å². The summed E-state index contributed by atoms with van der Waals surface area (Å²) in [7, 11) is 0. The van der Waals surface area contributed by atoms with Crippen LogP contribution < -0.4 is 0 Å². The van der Waals surface area contributed by atoms with Gasteiger partial charge in [-0.05, 0) is 18.4 Å². The van der Waals surface area contributed by atoms with Crippen molar-refractivity contribution in [2.24, 2.45) is 0 Å². The molecule has 0 saturated heterocycles. The van der Waals surface area contributed by atoms with Gasteiger partial charge in [0.25, 0.3) is 0 Å². The summed E-state index contributed by atoms with van der Waals surface area (Å²) in [6.45, 7) is 4.34. The first kappa shape index (κ1) is 15.0. The number of aromatic nitrogens is 2. The third-order valence-electron chi connectivity index (χ3n) is 3.51. The zero-order valence-corrected chi connectivity index (χ0v) is 12.8. The van der Waals surface area contributed by atoms with Gasteiger partial charge in [-0.25, -0.2) is 0 Å². The molecule has 2 aromatic rings. The van der Waals surface area contributed by atoms with Gasteiger partial charge in [0.2, 0.25) is 11.8 Å². The van der Waals surface area contributed by atoms with E-state index >= 15 is 0 Å². The van der Waals surface area contributed by atoms with E-state index in [0.717, 1.165) is 24.3 Å². The molecule has 2 atom stereocenters. The minimum Gasteiger partial charge on any atom is -0.423 e. The largest absolute Gasteiger partial charge is 0.423 e. The van der Waals surface area contributed by atoms with Gasteiger partial charge < -0.3 is 4.42 Å². The zero-order chi connectivity index (χ0) is 14.4. The van der Waals surface area contributed by atoms with Crippen molar-refractivity contribution in [1.82, 2.24) is 10.2 Å². The molecule has 20 heavy (non-hydrogen) atoms. The first-order valence-corrected chi connectivity index (χ1v) is 7.72. The Kier molecular flexibility index (Phi) is 5.60. The second-order valence-electron chi connectivity index (χ2n) is 5.00. The molecule has 0 saturated carbocycles. The molecule has 4 heteroatoms. The Balaban J connectivity index is 2.11. The standard InChI is InChI=1S/C16H21ClN2O/c1-3-5-9-12(4-2)15-18-19-16(20-15)14(17)13-10-7-6-8-11-13/h6-8,10-12,14H,3-5,9H2,1-2H3. The van der Waals surface area contributed by atoms with E-state index in [-0.39, 0.29) is 5.38 Å². The quantitative estimate of drug-likeness (QED) is 0.668. The highest BCUT2D eigenvalue weighted by atomic mass is 35.5. The normalized spacial score (nSPS) is 14.2. The van der Waals surface area contributed by atoms with Crippen LogP contribution in [-0.2, 0) is 0 Å². The molecular weight excluding hydrogens is 272 g/mol. The van der Waals surface area contributed by atoms with Gasteiger partial charge in [0.15, 0.2) is 0 Å². The van der Waals surface area contributed by atoms with Gasteiger partial charge in [0.05, 0.1) is 0 Å². The maximum Gasteiger partial charge on any atom is 0.238 e. The number of unbranched alkanes of at least 4 members (excludes halogenated alkanes) is 1. The van der Waals surface area contributed by atoms with Crippen molar-refractivity contribution in [2.45, 2.75) is 50.8 Å². The van der Waals surface area contributed by atoms with Crippen LogP contribution in [0.4, 0.5) is 0 Å². The smallest absolute Gasteiger partial charge is 0.238 e. The summed E-state index contributed by atoms with van der Waals surface area (Å²) in [6, 6.07) is 9.81. The summed E-state index contributed by atoms with van der Waals surface area (Å²) >= 11 is 6.40. The number of halogens is 1. The zero-order valence-electron chi connectivity index (χ0n) is 12.1. The van der Waals surface area contributed by atoms with Crippen LogP contribution in [0.2, 0.25) is 0 Å². The molecule has 3 nitrogen and oxygen atoms in total. The van der Waals surface area contributed by atoms with E-state index in [1.165, 1.54) is 12.8 Å². The fourth-order valence-corrected chi connectivity index (χ4v) is 2.46. The van der Waals surface area contributed by atoms with Crippen LogP contribution >= 0.6 is 11.6 Å². The summed E-state index contributed by atoms with van der Waals surface area (Å²) in [6.07, 6.45) is 4.46. The van der Waals surface area contributed by atoms with Crippen LogP contribution in [0.15, 0.2) is 34.7 Å². The van der Waals surface area contributed by atoms with Crippen LogP contribution in [-0.4, -0.2) is 10.2 Å². The van der Waals surface area contributed by atoms with Gasteiger partial charge in [-0.2, -0.15) is 0 Å². The number of hydrogen-bond acceptors (Lipinski definition) is 3. The topological polar surface area (TPSA) is 38.9 Å². The lowest BCUT2D eigenvalue weighted by Gasteiger charge is -2.09. The SMILES string of the molecule is CCCCC(CC)c1nnc(C(Cl)c2ccccc2)o1. The Morgan fingerprint density at radius 1 is 1.10 bits per heavy atom. The Morgan fingerprint density at radius 2 is 1.80 bits per heavy atom. The molecular formula is C16H21ClN2O. The maximum absolute atomic E-state index is 6.40. The second kappa shape index (κ2) is 7.44. The third-order valence-corrected chi connectivity index (χ3v) is 3.95. The van der Waals surface area contributed by atoms with Gasteiger partial charge in [0.1, 0.15) is 5.38 Å². The first-order valence-electron chi connectivity index (χ1n) is 7.28. The minimum absolute atomic E-state index is 0.343. The van der Waals surface area contributed by atoms with E-state index in [0.29, 0.717) is 11.8 Å². The predicted molar refractivity (Wildman–Crippen MR) is 81.0 cm³/mol. The molecule has 0 radical (unpaired) electrons. The maximum atomic E-state index is 6.40. The fraction of sp³-hybridized carbons (Fsp3) is 0.500. The summed E-state index contributed by atoms with van der Waals surface area (Å²) < 4.78 is 5.80. The molecule has 108 valence electrons. The number of benzene rings is 1. The summed E-state index contributed by atoms with van der Waals surface area (Å²) in [4.78, 5) is 0. The van der Waals surface area contributed by atoms with Crippen LogP contribution in [0.3, 0.4) is 0 Å². The molecule has 2 rings (SSSR count). The summed E-state index contributed by atoms with van der Waals surface area (Å²) in [5.41, 5.74) is 0.978. The lowest BCUT2D eigenvalue weighted by molar-refractivity contribution is 0.395. The average Bonchev–Trinajstić information content (AvgIpc) is 2.98. The highest BCUT2D eigenvalue weighted by Gasteiger charge is 2.21. The van der Waals surface area contributed by atoms with E-state index in [1.54, 1.807) is 0 Å². The number of alkyl halides is 1. The van der Waals surface area contributed by atoms with Crippen LogP contribution in [0, 0.1) is 0 Å². The Hall–Kier alpha value is -1.35. The highest BCUT2D eigenvalue weighted by Crippen LogP contribution is 2.30. The monoisotopic (exact) mass is 292 g/mol. The van der Waals surface area contributed by atoms with Crippen molar-refractivity contribution in [1.29, 1.82) is 0 Å². The molecule has 0 spiro atoms. The van der Waals surface area contributed by atoms with Gasteiger partial charge in [-0.1, -0.05) is 57.0 Å². The van der Waals surface area contributed by atoms with E-state index in [1.807, 2.05) is 30.3 Å². The number of rotatable bonds is 7. The number of hydrogen-bond donors (Lipinski definition) is 0. The molecule has 2 unspecified atom stereocenters. The molecule has 0 N–H and O–H groups in total. The van der Waals surface area contributed by atoms with Crippen molar-refractivity contribution >= 4 is 11.6 Å². The van der Waals surface area contributed by atoms with Crippen LogP contribution in [0.25, 0.3) is 0 Å². The van der Waals surface area contributed by atoms with Crippen molar-refractivity contribution in [3.8, 4) is 0 Å². The molecule has 0 fully saturated rings. The highest BCUT2D eigenvalue weighted by molar-refractivity contribution is 6.22. The van der Waals surface area contributed by atoms with Gasteiger partial charge in [0, 0.05) is 5.92 Å². The lowest BCUT2D eigenvalue weighted by Crippen LogP contribution is -1.97.